The van der Waals surface area contributed by atoms with Gasteiger partial charge < -0.3 is 14.8 Å². The zero-order valence-electron chi connectivity index (χ0n) is 16.2. The van der Waals surface area contributed by atoms with E-state index in [-0.39, 0.29) is 17.8 Å². The van der Waals surface area contributed by atoms with Crippen molar-refractivity contribution >= 4 is 28.2 Å². The molecule has 1 N–H and O–H groups in total. The van der Waals surface area contributed by atoms with Gasteiger partial charge in [-0.15, -0.1) is 11.3 Å². The number of esters is 1. The maximum absolute atomic E-state index is 13.0. The summed E-state index contributed by atoms with van der Waals surface area (Å²) in [5.74, 6) is -0.755. The van der Waals surface area contributed by atoms with Gasteiger partial charge in [-0.25, -0.2) is 9.18 Å². The van der Waals surface area contributed by atoms with Crippen LogP contribution < -0.4 is 10.1 Å². The average Bonchev–Trinajstić information content (AvgIpc) is 3.00. The Morgan fingerprint density at radius 1 is 1.11 bits per heavy atom. The molecule has 1 aromatic carbocycles. The fraction of sp³-hybridized carbons (Fsp3) is 0.429. The lowest BCUT2D eigenvalue weighted by molar-refractivity contribution is -0.122. The maximum atomic E-state index is 13.0. The van der Waals surface area contributed by atoms with Gasteiger partial charge in [0.1, 0.15) is 16.6 Å². The summed E-state index contributed by atoms with van der Waals surface area (Å²) in [5.41, 5.74) is 1.46. The second-order valence-electron chi connectivity index (χ2n) is 7.07. The highest BCUT2D eigenvalue weighted by Gasteiger charge is 2.29. The van der Waals surface area contributed by atoms with Crippen LogP contribution in [-0.2, 0) is 22.4 Å². The molecule has 0 spiro atoms. The van der Waals surface area contributed by atoms with Crippen LogP contribution in [0.3, 0.4) is 0 Å². The van der Waals surface area contributed by atoms with Crippen LogP contribution in [0.1, 0.15) is 54.4 Å². The number of benzene rings is 1. The molecule has 1 amide bonds. The quantitative estimate of drug-likeness (QED) is 0.705. The van der Waals surface area contributed by atoms with E-state index in [1.165, 1.54) is 35.6 Å². The Morgan fingerprint density at radius 3 is 2.46 bits per heavy atom. The van der Waals surface area contributed by atoms with Gasteiger partial charge in [0.25, 0.3) is 5.91 Å². The van der Waals surface area contributed by atoms with Crippen molar-refractivity contribution < 1.29 is 23.5 Å². The van der Waals surface area contributed by atoms with Crippen LogP contribution in [0.5, 0.6) is 5.75 Å². The molecule has 0 unspecified atom stereocenters. The standard InChI is InChI=1S/C21H24FNO4S/c1-12(2)26-21(25)18-16-6-4-5-7-17(16)28-20(18)23-19(24)13(3)27-15-10-8-14(22)9-11-15/h8-13H,4-7H2,1-3H3,(H,23,24)/t13-/m1/s1. The van der Waals surface area contributed by atoms with E-state index in [9.17, 15) is 14.0 Å². The van der Waals surface area contributed by atoms with Crippen LogP contribution in [0.2, 0.25) is 0 Å². The molecule has 0 saturated carbocycles. The Balaban J connectivity index is 1.78. The summed E-state index contributed by atoms with van der Waals surface area (Å²) in [5, 5.41) is 3.34. The molecule has 5 nitrogen and oxygen atoms in total. The lowest BCUT2D eigenvalue weighted by Gasteiger charge is -2.16. The lowest BCUT2D eigenvalue weighted by Crippen LogP contribution is -2.30. The van der Waals surface area contributed by atoms with Gasteiger partial charge >= 0.3 is 5.97 Å². The molecule has 0 bridgehead atoms. The van der Waals surface area contributed by atoms with Crippen molar-refractivity contribution in [1.82, 2.24) is 0 Å². The fourth-order valence-corrected chi connectivity index (χ4v) is 4.41. The number of ether oxygens (including phenoxy) is 2. The lowest BCUT2D eigenvalue weighted by atomic mass is 9.95. The van der Waals surface area contributed by atoms with Crippen LogP contribution >= 0.6 is 11.3 Å². The van der Waals surface area contributed by atoms with E-state index in [2.05, 4.69) is 5.32 Å². The fourth-order valence-electron chi connectivity index (χ4n) is 3.13. The minimum Gasteiger partial charge on any atom is -0.481 e. The van der Waals surface area contributed by atoms with Crippen LogP contribution in [0.25, 0.3) is 0 Å². The Bertz CT molecular complexity index is 860. The molecule has 28 heavy (non-hydrogen) atoms. The number of nitrogens with one attached hydrogen (secondary N) is 1. The molecule has 0 saturated heterocycles. The monoisotopic (exact) mass is 405 g/mol. The SMILES string of the molecule is CC(C)OC(=O)c1c(NC(=O)[C@@H](C)Oc2ccc(F)cc2)sc2c1CCCC2. The Hall–Kier alpha value is -2.41. The molecule has 150 valence electrons. The molecular formula is C21H24FNO4S. The summed E-state index contributed by atoms with van der Waals surface area (Å²) in [6, 6.07) is 5.48. The first kappa shape index (κ1) is 20.3. The molecular weight excluding hydrogens is 381 g/mol. The van der Waals surface area contributed by atoms with Crippen LogP contribution in [0, 0.1) is 5.82 Å². The summed E-state index contributed by atoms with van der Waals surface area (Å²) in [4.78, 5) is 26.4. The molecule has 1 aromatic heterocycles. The van der Waals surface area contributed by atoms with Gasteiger partial charge in [0.05, 0.1) is 11.7 Å². The first-order valence-electron chi connectivity index (χ1n) is 9.43. The second-order valence-corrected chi connectivity index (χ2v) is 8.18. The number of amides is 1. The summed E-state index contributed by atoms with van der Waals surface area (Å²) < 4.78 is 24.0. The average molecular weight is 405 g/mol. The number of rotatable bonds is 6. The molecule has 0 radical (unpaired) electrons. The Morgan fingerprint density at radius 2 is 1.79 bits per heavy atom. The number of halogens is 1. The zero-order valence-corrected chi connectivity index (χ0v) is 17.0. The molecule has 1 atom stereocenters. The van der Waals surface area contributed by atoms with Gasteiger partial charge in [-0.2, -0.15) is 0 Å². The first-order valence-corrected chi connectivity index (χ1v) is 10.3. The molecule has 3 rings (SSSR count). The van der Waals surface area contributed by atoms with E-state index >= 15 is 0 Å². The predicted octanol–water partition coefficient (Wildman–Crippen LogP) is 4.74. The molecule has 2 aromatic rings. The number of thiophene rings is 1. The van der Waals surface area contributed by atoms with Crippen molar-refractivity contribution in [3.8, 4) is 5.75 Å². The molecule has 1 aliphatic rings. The van der Waals surface area contributed by atoms with Gasteiger partial charge in [0, 0.05) is 4.88 Å². The van der Waals surface area contributed by atoms with Crippen molar-refractivity contribution in [2.45, 2.75) is 58.7 Å². The molecule has 7 heteroatoms. The van der Waals surface area contributed by atoms with E-state index in [0.29, 0.717) is 16.3 Å². The highest BCUT2D eigenvalue weighted by atomic mass is 32.1. The summed E-state index contributed by atoms with van der Waals surface area (Å²) >= 11 is 1.43. The number of fused-ring (bicyclic) bond motifs is 1. The molecule has 0 fully saturated rings. The number of aryl methyl sites for hydroxylation is 1. The van der Waals surface area contributed by atoms with Gasteiger partial charge in [0.15, 0.2) is 6.10 Å². The molecule has 1 heterocycles. The highest BCUT2D eigenvalue weighted by molar-refractivity contribution is 7.17. The zero-order chi connectivity index (χ0) is 20.3. The van der Waals surface area contributed by atoms with Crippen molar-refractivity contribution in [1.29, 1.82) is 0 Å². The third-order valence-electron chi connectivity index (χ3n) is 4.45. The van der Waals surface area contributed by atoms with Gasteiger partial charge in [-0.3, -0.25) is 4.79 Å². The van der Waals surface area contributed by atoms with Crippen molar-refractivity contribution in [2.24, 2.45) is 0 Å². The third kappa shape index (κ3) is 4.70. The largest absolute Gasteiger partial charge is 0.481 e. The predicted molar refractivity (Wildman–Crippen MR) is 107 cm³/mol. The normalized spacial score (nSPS) is 14.3. The van der Waals surface area contributed by atoms with Crippen molar-refractivity contribution in [2.75, 3.05) is 5.32 Å². The van der Waals surface area contributed by atoms with E-state index < -0.39 is 12.1 Å². The van der Waals surface area contributed by atoms with E-state index in [1.807, 2.05) is 0 Å². The highest BCUT2D eigenvalue weighted by Crippen LogP contribution is 2.38. The van der Waals surface area contributed by atoms with Crippen LogP contribution in [0.4, 0.5) is 9.39 Å². The number of hydrogen-bond donors (Lipinski definition) is 1. The second kappa shape index (κ2) is 8.73. The first-order chi connectivity index (χ1) is 13.3. The van der Waals surface area contributed by atoms with Crippen molar-refractivity contribution in [3.63, 3.8) is 0 Å². The number of hydrogen-bond acceptors (Lipinski definition) is 5. The molecule has 0 aliphatic heterocycles. The topological polar surface area (TPSA) is 64.6 Å². The van der Waals surface area contributed by atoms with Crippen LogP contribution in [-0.4, -0.2) is 24.1 Å². The summed E-state index contributed by atoms with van der Waals surface area (Å²) in [6.07, 6.45) is 2.76. The maximum Gasteiger partial charge on any atom is 0.341 e. The minimum atomic E-state index is -0.807. The van der Waals surface area contributed by atoms with E-state index in [0.717, 1.165) is 36.1 Å². The third-order valence-corrected chi connectivity index (χ3v) is 5.66. The van der Waals surface area contributed by atoms with E-state index in [1.54, 1.807) is 20.8 Å². The molecule has 1 aliphatic carbocycles. The number of carbonyl (C=O) groups excluding carboxylic acids is 2. The Labute approximate surface area is 167 Å². The van der Waals surface area contributed by atoms with Gasteiger partial charge in [0.2, 0.25) is 0 Å². The van der Waals surface area contributed by atoms with Gasteiger partial charge in [-0.1, -0.05) is 0 Å². The van der Waals surface area contributed by atoms with Crippen LogP contribution in [0.15, 0.2) is 24.3 Å². The van der Waals surface area contributed by atoms with Crippen molar-refractivity contribution in [3.05, 3.63) is 46.1 Å². The Kier molecular flexibility index (Phi) is 6.34. The number of anilines is 1. The smallest absolute Gasteiger partial charge is 0.341 e. The minimum absolute atomic E-state index is 0.240. The van der Waals surface area contributed by atoms with E-state index in [4.69, 9.17) is 9.47 Å². The number of carbonyl (C=O) groups is 2. The summed E-state index contributed by atoms with van der Waals surface area (Å²) in [6.45, 7) is 5.21. The van der Waals surface area contributed by atoms with Gasteiger partial charge in [-0.05, 0) is 76.3 Å². The summed E-state index contributed by atoms with van der Waals surface area (Å²) in [7, 11) is 0.